The van der Waals surface area contributed by atoms with Crippen LogP contribution in [0.3, 0.4) is 0 Å². The zero-order valence-electron chi connectivity index (χ0n) is 8.99. The Morgan fingerprint density at radius 3 is 2.75 bits per heavy atom. The monoisotopic (exact) mass is 239 g/mol. The third kappa shape index (κ3) is 2.89. The minimum atomic E-state index is 0.628. The van der Waals surface area contributed by atoms with E-state index in [2.05, 4.69) is 4.99 Å². The Morgan fingerprint density at radius 1 is 1.31 bits per heavy atom. The predicted molar refractivity (Wildman–Crippen MR) is 64.6 cm³/mol. The van der Waals surface area contributed by atoms with Crippen LogP contribution in [0.4, 0.5) is 0 Å². The van der Waals surface area contributed by atoms with Crippen LogP contribution >= 0.6 is 11.6 Å². The molecule has 0 amide bonds. The number of benzene rings is 1. The van der Waals surface area contributed by atoms with E-state index in [1.807, 2.05) is 24.3 Å². The lowest BCUT2D eigenvalue weighted by Gasteiger charge is -2.06. The molecule has 0 fully saturated rings. The van der Waals surface area contributed by atoms with E-state index in [1.165, 1.54) is 0 Å². The predicted octanol–water partition coefficient (Wildman–Crippen LogP) is 2.47. The van der Waals surface area contributed by atoms with Gasteiger partial charge in [-0.3, -0.25) is 0 Å². The molecule has 0 saturated heterocycles. The lowest BCUT2D eigenvalue weighted by molar-refractivity contribution is 0.318. The molecule has 0 unspecified atom stereocenters. The number of alkyl halides is 1. The Labute approximate surface area is 100 Å². The molecule has 0 bridgehead atoms. The molecule has 0 saturated carbocycles. The molecule has 0 aliphatic carbocycles. The van der Waals surface area contributed by atoms with Crippen molar-refractivity contribution in [3.63, 3.8) is 0 Å². The molecule has 16 heavy (non-hydrogen) atoms. The Kier molecular flexibility index (Phi) is 4.05. The van der Waals surface area contributed by atoms with Crippen LogP contribution in [0.2, 0.25) is 0 Å². The summed E-state index contributed by atoms with van der Waals surface area (Å²) in [6.07, 6.45) is 0.860. The zero-order valence-corrected chi connectivity index (χ0v) is 9.74. The van der Waals surface area contributed by atoms with Gasteiger partial charge in [-0.05, 0) is 30.7 Å². The summed E-state index contributed by atoms with van der Waals surface area (Å²) in [5.74, 6) is 2.21. The van der Waals surface area contributed by atoms with E-state index in [0.29, 0.717) is 19.1 Å². The quantitative estimate of drug-likeness (QED) is 0.584. The number of halogens is 1. The molecular weight excluding hydrogens is 226 g/mol. The van der Waals surface area contributed by atoms with Gasteiger partial charge in [0.25, 0.3) is 0 Å². The van der Waals surface area contributed by atoms with Gasteiger partial charge >= 0.3 is 0 Å². The van der Waals surface area contributed by atoms with E-state index in [4.69, 9.17) is 21.1 Å². The molecule has 0 aromatic heterocycles. The molecular formula is C12H14ClNO2. The summed E-state index contributed by atoms with van der Waals surface area (Å²) in [5.41, 5.74) is 1.00. The fourth-order valence-corrected chi connectivity index (χ4v) is 1.56. The Balaban J connectivity index is 1.93. The van der Waals surface area contributed by atoms with Crippen molar-refractivity contribution < 1.29 is 9.47 Å². The fraction of sp³-hybridized carbons (Fsp3) is 0.417. The summed E-state index contributed by atoms with van der Waals surface area (Å²) in [4.78, 5) is 4.25. The molecule has 0 radical (unpaired) electrons. The van der Waals surface area contributed by atoms with Gasteiger partial charge in [0.05, 0.1) is 13.2 Å². The van der Waals surface area contributed by atoms with E-state index >= 15 is 0 Å². The maximum atomic E-state index is 5.57. The smallest absolute Gasteiger partial charge is 0.216 e. The van der Waals surface area contributed by atoms with Crippen LogP contribution in [-0.4, -0.2) is 31.5 Å². The maximum absolute atomic E-state index is 5.57. The zero-order chi connectivity index (χ0) is 11.2. The molecule has 0 N–H and O–H groups in total. The van der Waals surface area contributed by atoms with Crippen LogP contribution in [0.5, 0.6) is 5.75 Å². The highest BCUT2D eigenvalue weighted by Gasteiger charge is 2.09. The molecule has 3 nitrogen and oxygen atoms in total. The summed E-state index contributed by atoms with van der Waals surface area (Å²) in [5, 5.41) is 0. The first-order valence-corrected chi connectivity index (χ1v) is 5.90. The molecule has 0 spiro atoms. The highest BCUT2D eigenvalue weighted by Crippen LogP contribution is 2.15. The number of nitrogens with zero attached hydrogens (tertiary/aromatic N) is 1. The van der Waals surface area contributed by atoms with E-state index < -0.39 is 0 Å². The molecule has 4 heteroatoms. The highest BCUT2D eigenvalue weighted by molar-refractivity contribution is 6.17. The Bertz CT molecular complexity index is 362. The van der Waals surface area contributed by atoms with Crippen molar-refractivity contribution in [1.82, 2.24) is 0 Å². The highest BCUT2D eigenvalue weighted by atomic mass is 35.5. The molecule has 2 rings (SSSR count). The largest absolute Gasteiger partial charge is 0.494 e. The SMILES string of the molecule is ClCCCOc1ccc(C2=NCCO2)cc1. The van der Waals surface area contributed by atoms with Crippen LogP contribution in [0, 0.1) is 0 Å². The maximum Gasteiger partial charge on any atom is 0.216 e. The van der Waals surface area contributed by atoms with Gasteiger partial charge in [0.2, 0.25) is 5.90 Å². The second-order valence-corrected chi connectivity index (χ2v) is 3.83. The third-order valence-electron chi connectivity index (χ3n) is 2.23. The fourth-order valence-electron chi connectivity index (χ4n) is 1.45. The van der Waals surface area contributed by atoms with Gasteiger partial charge in [-0.25, -0.2) is 4.99 Å². The topological polar surface area (TPSA) is 30.8 Å². The summed E-state index contributed by atoms with van der Waals surface area (Å²) in [6, 6.07) is 7.77. The van der Waals surface area contributed by atoms with E-state index in [-0.39, 0.29) is 0 Å². The van der Waals surface area contributed by atoms with Gasteiger partial charge in [0.15, 0.2) is 0 Å². The lowest BCUT2D eigenvalue weighted by atomic mass is 10.2. The molecule has 1 aliphatic heterocycles. The van der Waals surface area contributed by atoms with Gasteiger partial charge in [0.1, 0.15) is 12.4 Å². The summed E-state index contributed by atoms with van der Waals surface area (Å²) in [7, 11) is 0. The first kappa shape index (κ1) is 11.3. The third-order valence-corrected chi connectivity index (χ3v) is 2.50. The van der Waals surface area contributed by atoms with E-state index in [9.17, 15) is 0 Å². The van der Waals surface area contributed by atoms with Crippen molar-refractivity contribution in [2.75, 3.05) is 25.6 Å². The van der Waals surface area contributed by atoms with E-state index in [1.54, 1.807) is 0 Å². The van der Waals surface area contributed by atoms with Gasteiger partial charge in [0, 0.05) is 11.4 Å². The standard InChI is InChI=1S/C12H14ClNO2/c13-6-1-8-15-11-4-2-10(3-5-11)12-14-7-9-16-12/h2-5H,1,6-9H2. The number of hydrogen-bond acceptors (Lipinski definition) is 3. The molecule has 1 aliphatic rings. The minimum absolute atomic E-state index is 0.628. The van der Waals surface area contributed by atoms with Crippen LogP contribution in [0.25, 0.3) is 0 Å². The summed E-state index contributed by atoms with van der Waals surface area (Å²) < 4.78 is 10.9. The summed E-state index contributed by atoms with van der Waals surface area (Å²) in [6.45, 7) is 2.09. The molecule has 1 aromatic carbocycles. The van der Waals surface area contributed by atoms with Gasteiger partial charge < -0.3 is 9.47 Å². The van der Waals surface area contributed by atoms with Crippen LogP contribution < -0.4 is 4.74 Å². The van der Waals surface area contributed by atoms with Crippen LogP contribution in [-0.2, 0) is 4.74 Å². The van der Waals surface area contributed by atoms with Crippen LogP contribution in [0.1, 0.15) is 12.0 Å². The molecule has 0 atom stereocenters. The van der Waals surface area contributed by atoms with Crippen LogP contribution in [0.15, 0.2) is 29.3 Å². The van der Waals surface area contributed by atoms with Crippen molar-refractivity contribution in [3.05, 3.63) is 29.8 Å². The second-order valence-electron chi connectivity index (χ2n) is 3.45. The minimum Gasteiger partial charge on any atom is -0.494 e. The van der Waals surface area contributed by atoms with Gasteiger partial charge in [-0.2, -0.15) is 0 Å². The average Bonchev–Trinajstić information content (AvgIpc) is 2.84. The average molecular weight is 240 g/mol. The van der Waals surface area contributed by atoms with Gasteiger partial charge in [-0.1, -0.05) is 0 Å². The Hall–Kier alpha value is -1.22. The lowest BCUT2D eigenvalue weighted by Crippen LogP contribution is -2.01. The Morgan fingerprint density at radius 2 is 2.12 bits per heavy atom. The van der Waals surface area contributed by atoms with Crippen molar-refractivity contribution in [2.45, 2.75) is 6.42 Å². The summed E-state index contributed by atoms with van der Waals surface area (Å²) >= 11 is 5.57. The number of ether oxygens (including phenoxy) is 2. The van der Waals surface area contributed by atoms with Crippen molar-refractivity contribution in [3.8, 4) is 5.75 Å². The van der Waals surface area contributed by atoms with E-state index in [0.717, 1.165) is 30.2 Å². The number of hydrogen-bond donors (Lipinski definition) is 0. The molecule has 86 valence electrons. The first-order valence-electron chi connectivity index (χ1n) is 5.36. The van der Waals surface area contributed by atoms with Crippen molar-refractivity contribution in [2.24, 2.45) is 4.99 Å². The molecule has 1 heterocycles. The van der Waals surface area contributed by atoms with Crippen molar-refractivity contribution >= 4 is 17.5 Å². The molecule has 1 aromatic rings. The normalized spacial score (nSPS) is 14.4. The number of aliphatic imine (C=N–C) groups is 1. The first-order chi connectivity index (χ1) is 7.90. The number of rotatable bonds is 5. The second kappa shape index (κ2) is 5.75. The van der Waals surface area contributed by atoms with Crippen molar-refractivity contribution in [1.29, 1.82) is 0 Å². The van der Waals surface area contributed by atoms with Gasteiger partial charge in [-0.15, -0.1) is 11.6 Å².